The van der Waals surface area contributed by atoms with Crippen LogP contribution in [0.2, 0.25) is 13.1 Å². The lowest BCUT2D eigenvalue weighted by molar-refractivity contribution is -0.141. The Morgan fingerprint density at radius 2 is 1.26 bits per heavy atom. The van der Waals surface area contributed by atoms with E-state index >= 15 is 0 Å². The van der Waals surface area contributed by atoms with Gasteiger partial charge in [0, 0.05) is 46.1 Å². The van der Waals surface area contributed by atoms with Gasteiger partial charge in [-0.1, -0.05) is 37.4 Å². The minimum atomic E-state index is -2.10. The SMILES string of the molecule is COC(=O)CCOCCOCCOCCOCCNC(=O)OCc1ccc2c(c1)COC21c2ccc(N(C)C)cc2[Si](C)(C)c2cc(N(C)C)ccc21. The molecule has 1 N–H and O–H groups in total. The van der Waals surface area contributed by atoms with E-state index < -0.39 is 19.8 Å². The van der Waals surface area contributed by atoms with Crippen molar-refractivity contribution in [3.05, 3.63) is 82.4 Å². The number of nitrogens with one attached hydrogen (secondary N) is 1. The van der Waals surface area contributed by atoms with E-state index in [4.69, 9.17) is 28.4 Å². The number of anilines is 2. The first-order valence-electron chi connectivity index (χ1n) is 18.2. The summed E-state index contributed by atoms with van der Waals surface area (Å²) < 4.78 is 38.8. The number of methoxy groups -OCH3 is 1. The fourth-order valence-electron chi connectivity index (χ4n) is 6.91. The molecular formula is C40H55N3O9Si. The van der Waals surface area contributed by atoms with Crippen molar-refractivity contribution < 1.29 is 42.7 Å². The molecule has 53 heavy (non-hydrogen) atoms. The molecule has 0 saturated carbocycles. The summed E-state index contributed by atoms with van der Waals surface area (Å²) in [5.41, 5.74) is 7.25. The number of amides is 1. The largest absolute Gasteiger partial charge is 0.469 e. The van der Waals surface area contributed by atoms with E-state index in [1.807, 2.05) is 6.07 Å². The predicted molar refractivity (Wildman–Crippen MR) is 207 cm³/mol. The monoisotopic (exact) mass is 749 g/mol. The van der Waals surface area contributed by atoms with Gasteiger partial charge < -0.3 is 48.3 Å². The number of ether oxygens (including phenoxy) is 7. The van der Waals surface area contributed by atoms with Gasteiger partial charge in [-0.15, -0.1) is 0 Å². The Morgan fingerprint density at radius 3 is 1.81 bits per heavy atom. The lowest BCUT2D eigenvalue weighted by Gasteiger charge is -2.45. The third kappa shape index (κ3) is 9.40. The quantitative estimate of drug-likeness (QED) is 0.110. The molecule has 0 unspecified atom stereocenters. The van der Waals surface area contributed by atoms with Crippen LogP contribution in [0.4, 0.5) is 16.2 Å². The maximum Gasteiger partial charge on any atom is 0.407 e. The van der Waals surface area contributed by atoms with Gasteiger partial charge in [0.2, 0.25) is 0 Å². The van der Waals surface area contributed by atoms with Crippen LogP contribution in [0.3, 0.4) is 0 Å². The molecule has 13 heteroatoms. The Hall–Kier alpha value is -3.98. The number of nitrogens with zero attached hydrogens (tertiary/aromatic N) is 2. The number of benzene rings is 3. The average molecular weight is 750 g/mol. The van der Waals surface area contributed by atoms with E-state index in [1.54, 1.807) is 0 Å². The fourth-order valence-corrected chi connectivity index (χ4v) is 10.1. The maximum absolute atomic E-state index is 12.5. The van der Waals surface area contributed by atoms with E-state index in [-0.39, 0.29) is 19.0 Å². The zero-order chi connectivity index (χ0) is 38.0. The summed E-state index contributed by atoms with van der Waals surface area (Å²) in [7, 11) is 7.59. The van der Waals surface area contributed by atoms with Crippen LogP contribution in [0, 0.1) is 0 Å². The number of carbonyl (C=O) groups excluding carboxylic acids is 2. The van der Waals surface area contributed by atoms with Crippen molar-refractivity contribution >= 4 is 41.9 Å². The summed E-state index contributed by atoms with van der Waals surface area (Å²) in [6.45, 7) is 8.96. The van der Waals surface area contributed by atoms with Crippen molar-refractivity contribution in [1.82, 2.24) is 5.32 Å². The second-order valence-corrected chi connectivity index (χ2v) is 18.4. The Morgan fingerprint density at radius 1 is 0.736 bits per heavy atom. The van der Waals surface area contributed by atoms with Gasteiger partial charge in [0.05, 0.1) is 73.0 Å². The van der Waals surface area contributed by atoms with Crippen LogP contribution in [0.25, 0.3) is 0 Å². The molecule has 0 saturated heterocycles. The Bertz CT molecular complexity index is 1650. The Labute approximate surface area is 314 Å². The molecule has 0 aromatic heterocycles. The molecule has 288 valence electrons. The number of alkyl carbamates (subject to hydrolysis) is 1. The molecule has 1 amide bonds. The van der Waals surface area contributed by atoms with Gasteiger partial charge in [0.15, 0.2) is 0 Å². The molecular weight excluding hydrogens is 695 g/mol. The highest BCUT2D eigenvalue weighted by Gasteiger charge is 2.53. The zero-order valence-corrected chi connectivity index (χ0v) is 33.3. The molecule has 0 bridgehead atoms. The highest BCUT2D eigenvalue weighted by Crippen LogP contribution is 2.49. The third-order valence-electron chi connectivity index (χ3n) is 9.82. The number of carbonyl (C=O) groups is 2. The van der Waals surface area contributed by atoms with Crippen molar-refractivity contribution in [2.45, 2.75) is 38.3 Å². The van der Waals surface area contributed by atoms with Gasteiger partial charge in [0.25, 0.3) is 0 Å². The normalized spacial score (nSPS) is 14.6. The van der Waals surface area contributed by atoms with Crippen LogP contribution in [-0.2, 0) is 56.8 Å². The van der Waals surface area contributed by atoms with Crippen molar-refractivity contribution in [3.8, 4) is 0 Å². The summed E-state index contributed by atoms with van der Waals surface area (Å²) in [4.78, 5) is 27.8. The van der Waals surface area contributed by atoms with E-state index in [0.29, 0.717) is 66.0 Å². The number of hydrogen-bond acceptors (Lipinski definition) is 11. The van der Waals surface area contributed by atoms with Gasteiger partial charge >= 0.3 is 12.1 Å². The molecule has 12 nitrogen and oxygen atoms in total. The van der Waals surface area contributed by atoms with Crippen molar-refractivity contribution in [3.63, 3.8) is 0 Å². The van der Waals surface area contributed by atoms with Crippen LogP contribution < -0.4 is 25.5 Å². The molecule has 0 fully saturated rings. The molecule has 0 radical (unpaired) electrons. The molecule has 2 aliphatic heterocycles. The maximum atomic E-state index is 12.5. The van der Waals surface area contributed by atoms with E-state index in [2.05, 4.69) is 110 Å². The molecule has 3 aromatic rings. The molecule has 5 rings (SSSR count). The minimum absolute atomic E-state index is 0.147. The summed E-state index contributed by atoms with van der Waals surface area (Å²) in [5.74, 6) is -0.297. The minimum Gasteiger partial charge on any atom is -0.469 e. The van der Waals surface area contributed by atoms with Gasteiger partial charge in [-0.2, -0.15) is 0 Å². The van der Waals surface area contributed by atoms with Gasteiger partial charge in [-0.3, -0.25) is 4.79 Å². The molecule has 1 spiro atoms. The van der Waals surface area contributed by atoms with E-state index in [1.165, 1.54) is 40.0 Å². The van der Waals surface area contributed by atoms with E-state index in [0.717, 1.165) is 16.7 Å². The number of hydrogen-bond donors (Lipinski definition) is 1. The van der Waals surface area contributed by atoms with Crippen LogP contribution in [0.5, 0.6) is 0 Å². The summed E-state index contributed by atoms with van der Waals surface area (Å²) in [5, 5.41) is 5.52. The predicted octanol–water partition coefficient (Wildman–Crippen LogP) is 3.63. The first-order valence-corrected chi connectivity index (χ1v) is 21.2. The van der Waals surface area contributed by atoms with Crippen LogP contribution in [-0.4, -0.2) is 115 Å². The van der Waals surface area contributed by atoms with Crippen LogP contribution in [0.15, 0.2) is 54.6 Å². The number of rotatable bonds is 19. The molecule has 2 heterocycles. The second kappa shape index (κ2) is 18.4. The summed E-state index contributed by atoms with van der Waals surface area (Å²) >= 11 is 0. The first kappa shape index (κ1) is 40.2. The number of esters is 1. The van der Waals surface area contributed by atoms with Crippen molar-refractivity contribution in [2.75, 3.05) is 105 Å². The van der Waals surface area contributed by atoms with Crippen molar-refractivity contribution in [2.24, 2.45) is 0 Å². The Balaban J connectivity index is 1.09. The molecule has 3 aromatic carbocycles. The van der Waals surface area contributed by atoms with E-state index in [9.17, 15) is 9.59 Å². The third-order valence-corrected chi connectivity index (χ3v) is 13.3. The highest BCUT2D eigenvalue weighted by atomic mass is 28.3. The summed E-state index contributed by atoms with van der Waals surface area (Å²) in [6.07, 6.45) is -0.272. The van der Waals surface area contributed by atoms with Crippen LogP contribution in [0.1, 0.15) is 34.2 Å². The zero-order valence-electron chi connectivity index (χ0n) is 32.3. The standard InChI is InChI=1S/C40H55N3O9Si/c1-42(2)31-9-12-34-36(25-31)53(6,7)37-26-32(43(3)4)10-13-35(37)40(34)33-11-8-29(24-30(33)28-52-40)27-51-39(45)41-15-17-48-19-21-50-23-22-49-20-18-47-16-14-38(44)46-5/h8-13,24-26H,14-23,27-28H2,1-7H3,(H,41,45). The fraction of sp³-hybridized carbons (Fsp3) is 0.500. The number of fused-ring (bicyclic) bond motifs is 6. The lowest BCUT2D eigenvalue weighted by Crippen LogP contribution is -2.63. The average Bonchev–Trinajstić information content (AvgIpc) is 3.53. The highest BCUT2D eigenvalue weighted by molar-refractivity contribution is 7.01. The smallest absolute Gasteiger partial charge is 0.407 e. The van der Waals surface area contributed by atoms with Gasteiger partial charge in [-0.05, 0) is 68.5 Å². The molecule has 0 atom stereocenters. The van der Waals surface area contributed by atoms with Crippen molar-refractivity contribution in [1.29, 1.82) is 0 Å². The second-order valence-electron chi connectivity index (χ2n) is 14.1. The molecule has 0 aliphatic carbocycles. The lowest BCUT2D eigenvalue weighted by atomic mass is 9.79. The first-order chi connectivity index (χ1) is 25.5. The topological polar surface area (TPSA) is 117 Å². The van der Waals surface area contributed by atoms with Gasteiger partial charge in [0.1, 0.15) is 20.3 Å². The summed E-state index contributed by atoms with van der Waals surface area (Å²) in [6, 6.07) is 20.0. The van der Waals surface area contributed by atoms with Crippen LogP contribution >= 0.6 is 0 Å². The molecule has 2 aliphatic rings. The Kier molecular flexibility index (Phi) is 13.9. The van der Waals surface area contributed by atoms with Gasteiger partial charge in [-0.25, -0.2) is 4.79 Å².